The lowest BCUT2D eigenvalue weighted by atomic mass is 9.76. The zero-order valence-corrected chi connectivity index (χ0v) is 10.4. The molecule has 1 heterocycles. The Morgan fingerprint density at radius 1 is 1.11 bits per heavy atom. The molecule has 0 radical (unpaired) electrons. The van der Waals surface area contributed by atoms with Gasteiger partial charge in [0.1, 0.15) is 5.75 Å². The molecule has 3 N–H and O–H groups in total. The topological polar surface area (TPSA) is 59.1 Å². The Morgan fingerprint density at radius 2 is 1.89 bits per heavy atom. The van der Waals surface area contributed by atoms with Crippen molar-refractivity contribution in [2.45, 2.75) is 37.6 Å². The van der Waals surface area contributed by atoms with Gasteiger partial charge >= 0.3 is 0 Å². The van der Waals surface area contributed by atoms with Gasteiger partial charge in [0.2, 0.25) is 0 Å². The zero-order valence-electron chi connectivity index (χ0n) is 10.4. The van der Waals surface area contributed by atoms with Crippen LogP contribution in [-0.2, 0) is 5.54 Å². The van der Waals surface area contributed by atoms with Gasteiger partial charge in [-0.25, -0.2) is 0 Å². The summed E-state index contributed by atoms with van der Waals surface area (Å²) in [7, 11) is 0. The molecule has 1 aliphatic rings. The Labute approximate surface area is 107 Å². The molecule has 3 nitrogen and oxygen atoms in total. The van der Waals surface area contributed by atoms with Gasteiger partial charge in [-0.2, -0.15) is 0 Å². The van der Waals surface area contributed by atoms with Crippen molar-refractivity contribution in [3.05, 3.63) is 36.0 Å². The molecule has 1 saturated carbocycles. The van der Waals surface area contributed by atoms with Crippen LogP contribution in [0.5, 0.6) is 5.75 Å². The molecule has 3 heteroatoms. The quantitative estimate of drug-likeness (QED) is 0.808. The molecule has 0 bridgehead atoms. The molecule has 1 fully saturated rings. The van der Waals surface area contributed by atoms with Gasteiger partial charge in [0.05, 0.1) is 5.52 Å². The van der Waals surface area contributed by atoms with Crippen molar-refractivity contribution in [3.8, 4) is 5.75 Å². The number of nitrogens with zero attached hydrogens (tertiary/aromatic N) is 1. The number of hydrogen-bond donors (Lipinski definition) is 2. The van der Waals surface area contributed by atoms with E-state index in [-0.39, 0.29) is 11.3 Å². The highest BCUT2D eigenvalue weighted by Crippen LogP contribution is 2.38. The Bertz CT molecular complexity index is 574. The summed E-state index contributed by atoms with van der Waals surface area (Å²) >= 11 is 0. The largest absolute Gasteiger partial charge is 0.508 e. The summed E-state index contributed by atoms with van der Waals surface area (Å²) in [4.78, 5) is 4.34. The first-order valence-electron chi connectivity index (χ1n) is 6.56. The lowest BCUT2D eigenvalue weighted by Gasteiger charge is -2.34. The number of aromatic nitrogens is 1. The van der Waals surface area contributed by atoms with Gasteiger partial charge in [0.25, 0.3) is 0 Å². The van der Waals surface area contributed by atoms with Crippen LogP contribution in [0, 0.1) is 0 Å². The van der Waals surface area contributed by atoms with Gasteiger partial charge in [-0.15, -0.1) is 0 Å². The Morgan fingerprint density at radius 3 is 2.67 bits per heavy atom. The minimum Gasteiger partial charge on any atom is -0.508 e. The van der Waals surface area contributed by atoms with Crippen LogP contribution in [0.4, 0.5) is 0 Å². The third-order valence-corrected chi connectivity index (χ3v) is 4.01. The SMILES string of the molecule is NC1(c2ccnc3ccc(O)cc23)CCCCC1. The molecule has 1 aromatic carbocycles. The van der Waals surface area contributed by atoms with Gasteiger partial charge in [-0.05, 0) is 42.7 Å². The number of phenols is 1. The van der Waals surface area contributed by atoms with Crippen molar-refractivity contribution in [3.63, 3.8) is 0 Å². The second-order valence-electron chi connectivity index (χ2n) is 5.28. The second kappa shape index (κ2) is 4.25. The van der Waals surface area contributed by atoms with Crippen molar-refractivity contribution in [1.82, 2.24) is 4.98 Å². The highest BCUT2D eigenvalue weighted by atomic mass is 16.3. The summed E-state index contributed by atoms with van der Waals surface area (Å²) < 4.78 is 0. The number of rotatable bonds is 1. The number of phenolic OH excluding ortho intramolecular Hbond substituents is 1. The molecule has 0 atom stereocenters. The molecular weight excluding hydrogens is 224 g/mol. The minimum atomic E-state index is -0.257. The summed E-state index contributed by atoms with van der Waals surface area (Å²) in [6.45, 7) is 0. The van der Waals surface area contributed by atoms with E-state index >= 15 is 0 Å². The normalized spacial score (nSPS) is 18.9. The lowest BCUT2D eigenvalue weighted by molar-refractivity contribution is 0.304. The summed E-state index contributed by atoms with van der Waals surface area (Å²) in [5.41, 5.74) is 8.36. The van der Waals surface area contributed by atoms with Crippen molar-refractivity contribution in [2.24, 2.45) is 5.73 Å². The summed E-state index contributed by atoms with van der Waals surface area (Å²) in [6, 6.07) is 7.30. The van der Waals surface area contributed by atoms with E-state index in [1.54, 1.807) is 12.1 Å². The molecular formula is C15H18N2O. The first-order valence-corrected chi connectivity index (χ1v) is 6.56. The van der Waals surface area contributed by atoms with Gasteiger partial charge in [0.15, 0.2) is 0 Å². The molecule has 2 aromatic rings. The molecule has 1 aromatic heterocycles. The zero-order chi connectivity index (χ0) is 12.6. The van der Waals surface area contributed by atoms with E-state index in [0.29, 0.717) is 0 Å². The number of benzene rings is 1. The highest BCUT2D eigenvalue weighted by molar-refractivity contribution is 5.84. The number of fused-ring (bicyclic) bond motifs is 1. The van der Waals surface area contributed by atoms with Crippen molar-refractivity contribution >= 4 is 10.9 Å². The average Bonchev–Trinajstić information content (AvgIpc) is 2.38. The fourth-order valence-corrected chi connectivity index (χ4v) is 3.02. The summed E-state index contributed by atoms with van der Waals surface area (Å²) in [6.07, 6.45) is 7.48. The summed E-state index contributed by atoms with van der Waals surface area (Å²) in [5, 5.41) is 10.7. The molecule has 0 amide bonds. The maximum atomic E-state index is 9.67. The van der Waals surface area contributed by atoms with E-state index in [9.17, 15) is 5.11 Å². The second-order valence-corrected chi connectivity index (χ2v) is 5.28. The first kappa shape index (κ1) is 11.5. The highest BCUT2D eigenvalue weighted by Gasteiger charge is 2.30. The van der Waals surface area contributed by atoms with Crippen molar-refractivity contribution < 1.29 is 5.11 Å². The smallest absolute Gasteiger partial charge is 0.116 e. The number of aromatic hydroxyl groups is 1. The predicted octanol–water partition coefficient (Wildman–Crippen LogP) is 3.06. The maximum Gasteiger partial charge on any atom is 0.116 e. The molecule has 94 valence electrons. The van der Waals surface area contributed by atoms with Crippen LogP contribution in [-0.4, -0.2) is 10.1 Å². The molecule has 0 aliphatic heterocycles. The molecule has 0 unspecified atom stereocenters. The van der Waals surface area contributed by atoms with Crippen LogP contribution in [0.3, 0.4) is 0 Å². The number of pyridine rings is 1. The molecule has 18 heavy (non-hydrogen) atoms. The fraction of sp³-hybridized carbons (Fsp3) is 0.400. The maximum absolute atomic E-state index is 9.67. The minimum absolute atomic E-state index is 0.257. The van der Waals surface area contributed by atoms with Crippen LogP contribution < -0.4 is 5.73 Å². The third-order valence-electron chi connectivity index (χ3n) is 4.01. The standard InChI is InChI=1S/C15H18N2O/c16-15(7-2-1-3-8-15)13-6-9-17-14-5-4-11(18)10-12(13)14/h4-6,9-10,18H,1-3,7-8,16H2. The summed E-state index contributed by atoms with van der Waals surface area (Å²) in [5.74, 6) is 0.274. The van der Waals surface area contributed by atoms with E-state index in [1.165, 1.54) is 19.3 Å². The van der Waals surface area contributed by atoms with Crippen LogP contribution in [0.15, 0.2) is 30.5 Å². The van der Waals surface area contributed by atoms with Crippen LogP contribution in [0.25, 0.3) is 10.9 Å². The van der Waals surface area contributed by atoms with Crippen LogP contribution >= 0.6 is 0 Å². The Hall–Kier alpha value is -1.61. The monoisotopic (exact) mass is 242 g/mol. The first-order chi connectivity index (χ1) is 8.69. The molecule has 0 saturated heterocycles. The van der Waals surface area contributed by atoms with E-state index in [0.717, 1.165) is 29.3 Å². The van der Waals surface area contributed by atoms with Crippen LogP contribution in [0.1, 0.15) is 37.7 Å². The van der Waals surface area contributed by atoms with E-state index in [4.69, 9.17) is 5.73 Å². The van der Waals surface area contributed by atoms with Gasteiger partial charge in [-0.3, -0.25) is 4.98 Å². The van der Waals surface area contributed by atoms with Crippen molar-refractivity contribution in [2.75, 3.05) is 0 Å². The van der Waals surface area contributed by atoms with Gasteiger partial charge in [0, 0.05) is 17.1 Å². The predicted molar refractivity (Wildman–Crippen MR) is 72.4 cm³/mol. The van der Waals surface area contributed by atoms with Crippen molar-refractivity contribution in [1.29, 1.82) is 0 Å². The average molecular weight is 242 g/mol. The molecule has 1 aliphatic carbocycles. The Balaban J connectivity index is 2.18. The molecule has 3 rings (SSSR count). The number of nitrogens with two attached hydrogens (primary N) is 1. The van der Waals surface area contributed by atoms with Crippen LogP contribution in [0.2, 0.25) is 0 Å². The number of hydrogen-bond acceptors (Lipinski definition) is 3. The third kappa shape index (κ3) is 1.85. The molecule has 0 spiro atoms. The van der Waals surface area contributed by atoms with E-state index < -0.39 is 0 Å². The van der Waals surface area contributed by atoms with E-state index in [2.05, 4.69) is 4.98 Å². The van der Waals surface area contributed by atoms with E-state index in [1.807, 2.05) is 18.3 Å². The lowest BCUT2D eigenvalue weighted by Crippen LogP contribution is -2.38. The van der Waals surface area contributed by atoms with Gasteiger partial charge in [-0.1, -0.05) is 19.3 Å². The van der Waals surface area contributed by atoms with Gasteiger partial charge < -0.3 is 10.8 Å². The Kier molecular flexibility index (Phi) is 2.71. The fourth-order valence-electron chi connectivity index (χ4n) is 3.02.